The second-order valence-electron chi connectivity index (χ2n) is 6.80. The van der Waals surface area contributed by atoms with Gasteiger partial charge in [-0.2, -0.15) is 0 Å². The second kappa shape index (κ2) is 7.05. The lowest BCUT2D eigenvalue weighted by atomic mass is 10.1. The van der Waals surface area contributed by atoms with E-state index in [1.54, 1.807) is 29.3 Å². The third-order valence-corrected chi connectivity index (χ3v) is 5.34. The minimum atomic E-state index is -0.306. The zero-order valence-corrected chi connectivity index (χ0v) is 15.7. The van der Waals surface area contributed by atoms with Gasteiger partial charge in [-0.1, -0.05) is 48.0 Å². The summed E-state index contributed by atoms with van der Waals surface area (Å²) in [6, 6.07) is 18.6. The molecule has 2 aromatic carbocycles. The van der Waals surface area contributed by atoms with Crippen molar-refractivity contribution in [1.29, 1.82) is 0 Å². The van der Waals surface area contributed by atoms with E-state index in [4.69, 9.17) is 11.6 Å². The maximum Gasteiger partial charge on any atom is 0.264 e. The zero-order valence-electron chi connectivity index (χ0n) is 14.9. The van der Waals surface area contributed by atoms with E-state index in [1.807, 2.05) is 49.4 Å². The predicted molar refractivity (Wildman–Crippen MR) is 108 cm³/mol. The standard InChI is InChI=1S/C22H19ClN2O2/c1-15-13-16-7-3-5-11-20(16)25(15)22(27)18-9-6-12-24(21(18)26)14-17-8-2-4-10-19(17)23/h2-12,15H,13-14H2,1H3/t15-/m0/s1. The third-order valence-electron chi connectivity index (χ3n) is 4.98. The van der Waals surface area contributed by atoms with Gasteiger partial charge in [0.2, 0.25) is 0 Å². The molecule has 0 spiro atoms. The van der Waals surface area contributed by atoms with Gasteiger partial charge in [0.1, 0.15) is 5.56 Å². The first-order chi connectivity index (χ1) is 13.1. The Balaban J connectivity index is 1.70. The number of anilines is 1. The monoisotopic (exact) mass is 378 g/mol. The molecule has 1 aromatic heterocycles. The number of aromatic nitrogens is 1. The molecule has 1 aliphatic rings. The Morgan fingerprint density at radius 1 is 1.07 bits per heavy atom. The van der Waals surface area contributed by atoms with Gasteiger partial charge < -0.3 is 9.47 Å². The van der Waals surface area contributed by atoms with Crippen molar-refractivity contribution in [1.82, 2.24) is 4.57 Å². The smallest absolute Gasteiger partial charge is 0.264 e. The first-order valence-electron chi connectivity index (χ1n) is 8.90. The Kier molecular flexibility index (Phi) is 4.58. The van der Waals surface area contributed by atoms with E-state index < -0.39 is 0 Å². The Morgan fingerprint density at radius 3 is 2.63 bits per heavy atom. The number of fused-ring (bicyclic) bond motifs is 1. The van der Waals surface area contributed by atoms with E-state index >= 15 is 0 Å². The van der Waals surface area contributed by atoms with Crippen LogP contribution in [0.3, 0.4) is 0 Å². The van der Waals surface area contributed by atoms with E-state index in [2.05, 4.69) is 0 Å². The lowest BCUT2D eigenvalue weighted by molar-refractivity contribution is 0.0979. The second-order valence-corrected chi connectivity index (χ2v) is 7.21. The van der Waals surface area contributed by atoms with Crippen molar-refractivity contribution in [2.24, 2.45) is 0 Å². The molecule has 3 aromatic rings. The quantitative estimate of drug-likeness (QED) is 0.687. The molecule has 27 heavy (non-hydrogen) atoms. The van der Waals surface area contributed by atoms with Gasteiger partial charge in [-0.25, -0.2) is 0 Å². The van der Waals surface area contributed by atoms with Crippen LogP contribution >= 0.6 is 11.6 Å². The highest BCUT2D eigenvalue weighted by atomic mass is 35.5. The summed E-state index contributed by atoms with van der Waals surface area (Å²) in [6.45, 7) is 2.33. The molecule has 136 valence electrons. The van der Waals surface area contributed by atoms with Crippen LogP contribution in [0, 0.1) is 0 Å². The minimum Gasteiger partial charge on any atom is -0.310 e. The summed E-state index contributed by atoms with van der Waals surface area (Å²) in [7, 11) is 0. The highest BCUT2D eigenvalue weighted by Gasteiger charge is 2.32. The molecule has 0 aliphatic carbocycles. The number of pyridine rings is 1. The van der Waals surface area contributed by atoms with Gasteiger partial charge >= 0.3 is 0 Å². The minimum absolute atomic E-state index is 0.0199. The Bertz CT molecular complexity index is 1070. The molecule has 0 radical (unpaired) electrons. The van der Waals surface area contributed by atoms with E-state index in [9.17, 15) is 9.59 Å². The molecule has 1 amide bonds. The van der Waals surface area contributed by atoms with Crippen LogP contribution in [-0.2, 0) is 13.0 Å². The molecular weight excluding hydrogens is 360 g/mol. The van der Waals surface area contributed by atoms with Crippen molar-refractivity contribution in [3.8, 4) is 0 Å². The number of hydrogen-bond acceptors (Lipinski definition) is 2. The number of hydrogen-bond donors (Lipinski definition) is 0. The molecule has 1 aliphatic heterocycles. The summed E-state index contributed by atoms with van der Waals surface area (Å²) in [4.78, 5) is 27.9. The van der Waals surface area contributed by atoms with Gasteiger partial charge in [0.25, 0.3) is 11.5 Å². The van der Waals surface area contributed by atoms with Crippen LogP contribution in [0.4, 0.5) is 5.69 Å². The van der Waals surface area contributed by atoms with Gasteiger partial charge in [-0.15, -0.1) is 0 Å². The normalized spacial score (nSPS) is 15.6. The van der Waals surface area contributed by atoms with Crippen LogP contribution in [0.2, 0.25) is 5.02 Å². The number of nitrogens with zero attached hydrogens (tertiary/aromatic N) is 2. The zero-order chi connectivity index (χ0) is 19.0. The van der Waals surface area contributed by atoms with Crippen molar-refractivity contribution in [2.45, 2.75) is 25.9 Å². The van der Waals surface area contributed by atoms with Crippen molar-refractivity contribution in [2.75, 3.05) is 4.90 Å². The Hall–Kier alpha value is -2.85. The average molecular weight is 379 g/mol. The van der Waals surface area contributed by atoms with Crippen LogP contribution in [0.15, 0.2) is 71.7 Å². The molecule has 0 bridgehead atoms. The number of amides is 1. The summed E-state index contributed by atoms with van der Waals surface area (Å²) in [6.07, 6.45) is 2.48. The summed E-state index contributed by atoms with van der Waals surface area (Å²) in [5.41, 5.74) is 2.72. The Labute approximate surface area is 162 Å². The number of para-hydroxylation sites is 1. The van der Waals surface area contributed by atoms with Gasteiger partial charge in [0, 0.05) is 22.9 Å². The molecule has 0 fully saturated rings. The number of rotatable bonds is 3. The molecule has 4 nitrogen and oxygen atoms in total. The lowest BCUT2D eigenvalue weighted by Gasteiger charge is -2.22. The van der Waals surface area contributed by atoms with E-state index in [1.165, 1.54) is 4.57 Å². The third kappa shape index (κ3) is 3.17. The van der Waals surface area contributed by atoms with Crippen LogP contribution in [0.1, 0.15) is 28.4 Å². The molecule has 0 saturated carbocycles. The molecule has 0 N–H and O–H groups in total. The number of halogens is 1. The summed E-state index contributed by atoms with van der Waals surface area (Å²) in [5.74, 6) is -0.258. The van der Waals surface area contributed by atoms with E-state index in [0.29, 0.717) is 11.6 Å². The molecule has 1 atom stereocenters. The van der Waals surface area contributed by atoms with Gasteiger partial charge in [-0.3, -0.25) is 9.59 Å². The summed E-state index contributed by atoms with van der Waals surface area (Å²) in [5, 5.41) is 0.600. The molecule has 5 heteroatoms. The molecule has 0 unspecified atom stereocenters. The molecule has 2 heterocycles. The maximum atomic E-state index is 13.2. The number of carbonyl (C=O) groups excluding carboxylic acids is 1. The van der Waals surface area contributed by atoms with Crippen LogP contribution in [0.25, 0.3) is 0 Å². The average Bonchev–Trinajstić information content (AvgIpc) is 3.00. The van der Waals surface area contributed by atoms with E-state index in [0.717, 1.165) is 23.2 Å². The van der Waals surface area contributed by atoms with Gasteiger partial charge in [-0.05, 0) is 48.7 Å². The van der Waals surface area contributed by atoms with Crippen molar-refractivity contribution in [3.05, 3.63) is 98.9 Å². The van der Waals surface area contributed by atoms with Crippen LogP contribution in [0.5, 0.6) is 0 Å². The number of carbonyl (C=O) groups is 1. The highest BCUT2D eigenvalue weighted by molar-refractivity contribution is 6.31. The van der Waals surface area contributed by atoms with Crippen molar-refractivity contribution >= 4 is 23.2 Å². The molecular formula is C22H19ClN2O2. The van der Waals surface area contributed by atoms with Gasteiger partial charge in [0.15, 0.2) is 0 Å². The summed E-state index contributed by atoms with van der Waals surface area (Å²) < 4.78 is 1.53. The maximum absolute atomic E-state index is 13.2. The first-order valence-corrected chi connectivity index (χ1v) is 9.28. The highest BCUT2D eigenvalue weighted by Crippen LogP contribution is 2.32. The fourth-order valence-corrected chi connectivity index (χ4v) is 3.83. The fourth-order valence-electron chi connectivity index (χ4n) is 3.64. The summed E-state index contributed by atoms with van der Waals surface area (Å²) >= 11 is 6.22. The first kappa shape index (κ1) is 17.6. The van der Waals surface area contributed by atoms with Crippen LogP contribution in [-0.4, -0.2) is 16.5 Å². The van der Waals surface area contributed by atoms with Crippen LogP contribution < -0.4 is 10.5 Å². The number of benzene rings is 2. The molecule has 4 rings (SSSR count). The fraction of sp³-hybridized carbons (Fsp3) is 0.182. The molecule has 0 saturated heterocycles. The van der Waals surface area contributed by atoms with E-state index in [-0.39, 0.29) is 23.1 Å². The SMILES string of the molecule is C[C@H]1Cc2ccccc2N1C(=O)c1cccn(Cc2ccccc2Cl)c1=O. The predicted octanol–water partition coefficient (Wildman–Crippen LogP) is 4.14. The topological polar surface area (TPSA) is 42.3 Å². The van der Waals surface area contributed by atoms with Crippen molar-refractivity contribution < 1.29 is 4.79 Å². The Morgan fingerprint density at radius 2 is 1.81 bits per heavy atom. The van der Waals surface area contributed by atoms with Crippen molar-refractivity contribution in [3.63, 3.8) is 0 Å². The van der Waals surface area contributed by atoms with Gasteiger partial charge in [0.05, 0.1) is 6.54 Å². The largest absolute Gasteiger partial charge is 0.310 e. The lowest BCUT2D eigenvalue weighted by Crippen LogP contribution is -2.39.